The van der Waals surface area contributed by atoms with Crippen molar-refractivity contribution < 1.29 is 4.74 Å². The van der Waals surface area contributed by atoms with Crippen molar-refractivity contribution in [3.8, 4) is 0 Å². The van der Waals surface area contributed by atoms with Crippen molar-refractivity contribution in [2.45, 2.75) is 45.3 Å². The van der Waals surface area contributed by atoms with Crippen molar-refractivity contribution in [2.24, 2.45) is 0 Å². The largest absolute Gasteiger partial charge is 0.377 e. The maximum absolute atomic E-state index is 5.52. The van der Waals surface area contributed by atoms with Crippen LogP contribution >= 0.6 is 0 Å². The molecule has 0 spiro atoms. The van der Waals surface area contributed by atoms with Crippen molar-refractivity contribution in [3.63, 3.8) is 0 Å². The Morgan fingerprint density at radius 2 is 2.29 bits per heavy atom. The molecule has 0 aromatic rings. The first-order chi connectivity index (χ1) is 6.83. The number of hydrogen-bond acceptors (Lipinski definition) is 3. The van der Waals surface area contributed by atoms with Crippen LogP contribution in [0.4, 0.5) is 0 Å². The molecule has 2 atom stereocenters. The number of ether oxygens (including phenoxy) is 1. The third-order valence-electron chi connectivity index (χ3n) is 2.80. The van der Waals surface area contributed by atoms with E-state index in [0.29, 0.717) is 12.1 Å². The second-order valence-electron chi connectivity index (χ2n) is 4.10. The average Bonchev–Trinajstić information content (AvgIpc) is 2.69. The van der Waals surface area contributed by atoms with Gasteiger partial charge in [-0.25, -0.2) is 0 Å². The highest BCUT2D eigenvalue weighted by Crippen LogP contribution is 2.10. The van der Waals surface area contributed by atoms with Gasteiger partial charge in [0.05, 0.1) is 6.10 Å². The molecule has 1 aliphatic heterocycles. The number of rotatable bonds is 7. The molecule has 1 rings (SSSR count). The van der Waals surface area contributed by atoms with Crippen LogP contribution in [0.5, 0.6) is 0 Å². The summed E-state index contributed by atoms with van der Waals surface area (Å²) in [6.45, 7) is 8.50. The van der Waals surface area contributed by atoms with Gasteiger partial charge < -0.3 is 15.4 Å². The topological polar surface area (TPSA) is 33.3 Å². The molecule has 1 saturated heterocycles. The second-order valence-corrected chi connectivity index (χ2v) is 4.10. The molecule has 2 unspecified atom stereocenters. The van der Waals surface area contributed by atoms with Gasteiger partial charge in [-0.05, 0) is 26.2 Å². The van der Waals surface area contributed by atoms with E-state index in [9.17, 15) is 0 Å². The molecule has 84 valence electrons. The van der Waals surface area contributed by atoms with E-state index in [0.717, 1.165) is 26.2 Å². The normalized spacial score (nSPS) is 24.0. The Bertz CT molecular complexity index is 135. The summed E-state index contributed by atoms with van der Waals surface area (Å²) in [4.78, 5) is 0. The lowest BCUT2D eigenvalue weighted by Crippen LogP contribution is -2.35. The Balaban J connectivity index is 1.84. The monoisotopic (exact) mass is 200 g/mol. The van der Waals surface area contributed by atoms with Crippen LogP contribution in [-0.4, -0.2) is 38.4 Å². The van der Waals surface area contributed by atoms with E-state index in [1.54, 1.807) is 0 Å². The van der Waals surface area contributed by atoms with Gasteiger partial charge in [0.2, 0.25) is 0 Å². The zero-order valence-electron chi connectivity index (χ0n) is 9.51. The molecule has 0 saturated carbocycles. The minimum atomic E-state index is 0.471. The number of nitrogens with one attached hydrogen (secondary N) is 2. The van der Waals surface area contributed by atoms with Crippen LogP contribution in [0.2, 0.25) is 0 Å². The fraction of sp³-hybridized carbons (Fsp3) is 1.00. The van der Waals surface area contributed by atoms with E-state index in [1.807, 2.05) is 0 Å². The first kappa shape index (κ1) is 12.0. The van der Waals surface area contributed by atoms with Crippen LogP contribution in [0.25, 0.3) is 0 Å². The van der Waals surface area contributed by atoms with E-state index in [1.165, 1.54) is 19.3 Å². The maximum atomic E-state index is 5.52. The van der Waals surface area contributed by atoms with E-state index >= 15 is 0 Å². The first-order valence-electron chi connectivity index (χ1n) is 5.88. The molecule has 14 heavy (non-hydrogen) atoms. The van der Waals surface area contributed by atoms with Crippen LogP contribution in [0, 0.1) is 0 Å². The molecule has 3 nitrogen and oxygen atoms in total. The fourth-order valence-corrected chi connectivity index (χ4v) is 1.62. The minimum Gasteiger partial charge on any atom is -0.377 e. The standard InChI is InChI=1S/C11H24N2O/c1-3-10(2)13-7-6-12-9-11-5-4-8-14-11/h10-13H,3-9H2,1-2H3. The molecule has 0 bridgehead atoms. The van der Waals surface area contributed by atoms with Crippen molar-refractivity contribution in [3.05, 3.63) is 0 Å². The van der Waals surface area contributed by atoms with Gasteiger partial charge in [0.1, 0.15) is 0 Å². The van der Waals surface area contributed by atoms with E-state index in [2.05, 4.69) is 24.5 Å². The highest BCUT2D eigenvalue weighted by atomic mass is 16.5. The minimum absolute atomic E-state index is 0.471. The molecule has 1 aliphatic rings. The van der Waals surface area contributed by atoms with Crippen LogP contribution in [0.3, 0.4) is 0 Å². The fourth-order valence-electron chi connectivity index (χ4n) is 1.62. The van der Waals surface area contributed by atoms with Gasteiger partial charge in [-0.1, -0.05) is 6.92 Å². The zero-order chi connectivity index (χ0) is 10.2. The number of hydrogen-bond donors (Lipinski definition) is 2. The third kappa shape index (κ3) is 4.94. The molecule has 0 aliphatic carbocycles. The lowest BCUT2D eigenvalue weighted by atomic mass is 10.2. The summed E-state index contributed by atoms with van der Waals surface area (Å²) in [7, 11) is 0. The predicted octanol–water partition coefficient (Wildman–Crippen LogP) is 1.14. The molecular weight excluding hydrogens is 176 g/mol. The summed E-state index contributed by atoms with van der Waals surface area (Å²) in [6.07, 6.45) is 4.13. The zero-order valence-corrected chi connectivity index (χ0v) is 9.51. The Labute approximate surface area is 87.6 Å². The molecule has 1 fully saturated rings. The SMILES string of the molecule is CCC(C)NCCNCC1CCCO1. The Hall–Kier alpha value is -0.120. The van der Waals surface area contributed by atoms with E-state index in [4.69, 9.17) is 4.74 Å². The van der Waals surface area contributed by atoms with Gasteiger partial charge in [-0.2, -0.15) is 0 Å². The first-order valence-corrected chi connectivity index (χ1v) is 5.88. The van der Waals surface area contributed by atoms with Gasteiger partial charge in [-0.3, -0.25) is 0 Å². The quantitative estimate of drug-likeness (QED) is 0.605. The molecular formula is C11H24N2O. The maximum Gasteiger partial charge on any atom is 0.0700 e. The van der Waals surface area contributed by atoms with Gasteiger partial charge in [-0.15, -0.1) is 0 Å². The van der Waals surface area contributed by atoms with Crippen molar-refractivity contribution >= 4 is 0 Å². The van der Waals surface area contributed by atoms with Crippen molar-refractivity contribution in [2.75, 3.05) is 26.2 Å². The molecule has 2 N–H and O–H groups in total. The van der Waals surface area contributed by atoms with Crippen LogP contribution in [0.15, 0.2) is 0 Å². The Morgan fingerprint density at radius 3 is 2.93 bits per heavy atom. The lowest BCUT2D eigenvalue weighted by Gasteiger charge is -2.13. The van der Waals surface area contributed by atoms with E-state index in [-0.39, 0.29) is 0 Å². The van der Waals surface area contributed by atoms with Gasteiger partial charge >= 0.3 is 0 Å². The van der Waals surface area contributed by atoms with E-state index < -0.39 is 0 Å². The Kier molecular flexibility index (Phi) is 6.15. The third-order valence-corrected chi connectivity index (χ3v) is 2.80. The van der Waals surface area contributed by atoms with Gasteiger partial charge in [0.15, 0.2) is 0 Å². The lowest BCUT2D eigenvalue weighted by molar-refractivity contribution is 0.110. The molecule has 3 heteroatoms. The summed E-state index contributed by atoms with van der Waals surface area (Å²) >= 11 is 0. The predicted molar refractivity (Wildman–Crippen MR) is 59.6 cm³/mol. The van der Waals surface area contributed by atoms with Crippen LogP contribution in [0.1, 0.15) is 33.1 Å². The summed E-state index contributed by atoms with van der Waals surface area (Å²) in [5.41, 5.74) is 0. The van der Waals surface area contributed by atoms with Crippen molar-refractivity contribution in [1.82, 2.24) is 10.6 Å². The van der Waals surface area contributed by atoms with Crippen molar-refractivity contribution in [1.29, 1.82) is 0 Å². The summed E-state index contributed by atoms with van der Waals surface area (Å²) in [5, 5.41) is 6.87. The molecule has 0 amide bonds. The molecule has 0 aromatic carbocycles. The smallest absolute Gasteiger partial charge is 0.0700 e. The van der Waals surface area contributed by atoms with Crippen LogP contribution < -0.4 is 10.6 Å². The highest BCUT2D eigenvalue weighted by Gasteiger charge is 2.13. The molecule has 1 heterocycles. The van der Waals surface area contributed by atoms with Gasteiger partial charge in [0, 0.05) is 32.3 Å². The van der Waals surface area contributed by atoms with Gasteiger partial charge in [0.25, 0.3) is 0 Å². The average molecular weight is 200 g/mol. The summed E-state index contributed by atoms with van der Waals surface area (Å²) < 4.78 is 5.52. The highest BCUT2D eigenvalue weighted by molar-refractivity contribution is 4.68. The molecule has 0 radical (unpaired) electrons. The second kappa shape index (κ2) is 7.21. The summed E-state index contributed by atoms with van der Waals surface area (Å²) in [5.74, 6) is 0. The molecule has 0 aromatic heterocycles. The Morgan fingerprint density at radius 1 is 1.43 bits per heavy atom. The van der Waals surface area contributed by atoms with Crippen LogP contribution in [-0.2, 0) is 4.74 Å². The summed E-state index contributed by atoms with van der Waals surface area (Å²) in [6, 6.07) is 0.638.